The summed E-state index contributed by atoms with van der Waals surface area (Å²) in [6, 6.07) is 13.2. The molecule has 1 N–H and O–H groups in total. The molecule has 0 radical (unpaired) electrons. The van der Waals surface area contributed by atoms with Gasteiger partial charge in [-0.05, 0) is 62.7 Å². The molecule has 0 saturated carbocycles. The van der Waals surface area contributed by atoms with Gasteiger partial charge in [0.15, 0.2) is 0 Å². The van der Waals surface area contributed by atoms with Crippen molar-refractivity contribution in [3.05, 3.63) is 63.0 Å². The van der Waals surface area contributed by atoms with Crippen molar-refractivity contribution < 1.29 is 18.0 Å². The SMILES string of the molecule is CC(C)NC(=O)[C@H](C)N(Cc1cccc(Br)c1)C(=O)CN(c1ccc(Br)cc1)S(C)(=O)=O. The van der Waals surface area contributed by atoms with Crippen LogP contribution in [0, 0.1) is 0 Å². The molecule has 1 atom stereocenters. The van der Waals surface area contributed by atoms with E-state index in [1.54, 1.807) is 31.2 Å². The Labute approximate surface area is 206 Å². The number of amides is 2. The number of rotatable bonds is 9. The lowest BCUT2D eigenvalue weighted by molar-refractivity contribution is -0.139. The zero-order valence-electron chi connectivity index (χ0n) is 18.4. The van der Waals surface area contributed by atoms with E-state index >= 15 is 0 Å². The summed E-state index contributed by atoms with van der Waals surface area (Å²) in [4.78, 5) is 27.5. The topological polar surface area (TPSA) is 86.8 Å². The second-order valence-electron chi connectivity index (χ2n) is 7.74. The highest BCUT2D eigenvalue weighted by atomic mass is 79.9. The van der Waals surface area contributed by atoms with Crippen molar-refractivity contribution in [1.82, 2.24) is 10.2 Å². The minimum absolute atomic E-state index is 0.0944. The van der Waals surface area contributed by atoms with Crippen LogP contribution in [-0.2, 0) is 26.2 Å². The van der Waals surface area contributed by atoms with E-state index in [1.165, 1.54) is 4.90 Å². The van der Waals surface area contributed by atoms with Gasteiger partial charge in [0, 0.05) is 21.5 Å². The highest BCUT2D eigenvalue weighted by Gasteiger charge is 2.30. The third kappa shape index (κ3) is 7.60. The van der Waals surface area contributed by atoms with Crippen LogP contribution in [0.5, 0.6) is 0 Å². The fraction of sp³-hybridized carbons (Fsp3) is 0.364. The number of nitrogens with one attached hydrogen (secondary N) is 1. The van der Waals surface area contributed by atoms with Crippen LogP contribution in [0.3, 0.4) is 0 Å². The first-order chi connectivity index (χ1) is 14.9. The molecular formula is C22H27Br2N3O4S. The Hall–Kier alpha value is -1.91. The number of hydrogen-bond acceptors (Lipinski definition) is 4. The highest BCUT2D eigenvalue weighted by molar-refractivity contribution is 9.10. The maximum Gasteiger partial charge on any atom is 0.244 e. The smallest absolute Gasteiger partial charge is 0.244 e. The van der Waals surface area contributed by atoms with E-state index in [9.17, 15) is 18.0 Å². The van der Waals surface area contributed by atoms with Gasteiger partial charge in [-0.25, -0.2) is 8.42 Å². The van der Waals surface area contributed by atoms with Crippen molar-refractivity contribution in [2.75, 3.05) is 17.1 Å². The zero-order chi connectivity index (χ0) is 24.1. The van der Waals surface area contributed by atoms with Crippen LogP contribution < -0.4 is 9.62 Å². The average Bonchev–Trinajstić information content (AvgIpc) is 2.69. The lowest BCUT2D eigenvalue weighted by Gasteiger charge is -2.32. The molecule has 0 spiro atoms. The van der Waals surface area contributed by atoms with E-state index in [-0.39, 0.29) is 18.5 Å². The van der Waals surface area contributed by atoms with Crippen molar-refractivity contribution in [2.24, 2.45) is 0 Å². The Morgan fingerprint density at radius 3 is 2.16 bits per heavy atom. The standard InChI is InChI=1S/C22H27Br2N3O4S/c1-15(2)25-22(29)16(3)26(13-17-6-5-7-19(24)12-17)21(28)14-27(32(4,30)31)20-10-8-18(23)9-11-20/h5-12,15-16H,13-14H2,1-4H3,(H,25,29)/t16-/m0/s1. The van der Waals surface area contributed by atoms with Gasteiger partial charge in [-0.2, -0.15) is 0 Å². The van der Waals surface area contributed by atoms with Gasteiger partial charge in [-0.3, -0.25) is 13.9 Å². The summed E-state index contributed by atoms with van der Waals surface area (Å²) in [7, 11) is -3.74. The van der Waals surface area contributed by atoms with Gasteiger partial charge in [0.05, 0.1) is 11.9 Å². The minimum Gasteiger partial charge on any atom is -0.352 e. The van der Waals surface area contributed by atoms with Crippen LogP contribution in [0.4, 0.5) is 5.69 Å². The van der Waals surface area contributed by atoms with Crippen molar-refractivity contribution >= 4 is 59.4 Å². The number of sulfonamides is 1. The van der Waals surface area contributed by atoms with E-state index in [4.69, 9.17) is 0 Å². The number of hydrogen-bond donors (Lipinski definition) is 1. The summed E-state index contributed by atoms with van der Waals surface area (Å²) in [6.07, 6.45) is 1.05. The van der Waals surface area contributed by atoms with Gasteiger partial charge in [0.2, 0.25) is 21.8 Å². The first kappa shape index (κ1) is 26.3. The summed E-state index contributed by atoms with van der Waals surface area (Å²) in [5, 5.41) is 2.82. The Morgan fingerprint density at radius 2 is 1.62 bits per heavy atom. The Bertz CT molecular complexity index is 1060. The van der Waals surface area contributed by atoms with Gasteiger partial charge in [-0.1, -0.05) is 44.0 Å². The zero-order valence-corrected chi connectivity index (χ0v) is 22.4. The van der Waals surface area contributed by atoms with Gasteiger partial charge >= 0.3 is 0 Å². The predicted octanol–water partition coefficient (Wildman–Crippen LogP) is 3.92. The van der Waals surface area contributed by atoms with Gasteiger partial charge in [0.25, 0.3) is 0 Å². The highest BCUT2D eigenvalue weighted by Crippen LogP contribution is 2.22. The summed E-state index contributed by atoms with van der Waals surface area (Å²) in [6.45, 7) is 5.04. The molecule has 0 heterocycles. The van der Waals surface area contributed by atoms with Crippen LogP contribution in [0.15, 0.2) is 57.5 Å². The first-order valence-corrected chi connectivity index (χ1v) is 13.4. The fourth-order valence-corrected chi connectivity index (χ4v) is 4.60. The number of nitrogens with zero attached hydrogens (tertiary/aromatic N) is 2. The largest absolute Gasteiger partial charge is 0.352 e. The van der Waals surface area contributed by atoms with E-state index in [0.717, 1.165) is 25.1 Å². The molecule has 2 rings (SSSR count). The molecule has 0 aliphatic heterocycles. The number of carbonyl (C=O) groups is 2. The molecule has 2 aromatic rings. The summed E-state index contributed by atoms with van der Waals surface area (Å²) in [5.74, 6) is -0.789. The van der Waals surface area contributed by atoms with E-state index in [1.807, 2.05) is 38.1 Å². The molecule has 0 bridgehead atoms. The molecule has 2 aromatic carbocycles. The molecule has 0 saturated heterocycles. The van der Waals surface area contributed by atoms with Crippen LogP contribution in [-0.4, -0.2) is 50.0 Å². The molecule has 7 nitrogen and oxygen atoms in total. The van der Waals surface area contributed by atoms with Crippen molar-refractivity contribution in [3.63, 3.8) is 0 Å². The number of anilines is 1. The lowest BCUT2D eigenvalue weighted by Crippen LogP contribution is -2.52. The molecule has 2 amide bonds. The third-order valence-corrected chi connectivity index (χ3v) is 6.80. The van der Waals surface area contributed by atoms with Crippen LogP contribution in [0.2, 0.25) is 0 Å². The molecular weight excluding hydrogens is 562 g/mol. The van der Waals surface area contributed by atoms with Gasteiger partial charge in [-0.15, -0.1) is 0 Å². The molecule has 0 aliphatic rings. The lowest BCUT2D eigenvalue weighted by atomic mass is 10.1. The van der Waals surface area contributed by atoms with Gasteiger partial charge in [0.1, 0.15) is 12.6 Å². The van der Waals surface area contributed by atoms with Gasteiger partial charge < -0.3 is 10.2 Å². The molecule has 10 heteroatoms. The van der Waals surface area contributed by atoms with Crippen LogP contribution in [0.25, 0.3) is 0 Å². The molecule has 0 aromatic heterocycles. The first-order valence-electron chi connectivity index (χ1n) is 9.96. The number of halogens is 2. The summed E-state index contributed by atoms with van der Waals surface area (Å²) < 4.78 is 27.6. The number of carbonyl (C=O) groups excluding carboxylic acids is 2. The molecule has 0 aliphatic carbocycles. The van der Waals surface area contributed by atoms with E-state index in [2.05, 4.69) is 37.2 Å². The summed E-state index contributed by atoms with van der Waals surface area (Å²) in [5.41, 5.74) is 1.18. The molecule has 0 unspecified atom stereocenters. The van der Waals surface area contributed by atoms with Crippen molar-refractivity contribution in [1.29, 1.82) is 0 Å². The van der Waals surface area contributed by atoms with E-state index in [0.29, 0.717) is 5.69 Å². The minimum atomic E-state index is -3.74. The number of benzene rings is 2. The maximum atomic E-state index is 13.4. The second kappa shape index (κ2) is 11.3. The Balaban J connectivity index is 2.38. The molecule has 32 heavy (non-hydrogen) atoms. The third-order valence-electron chi connectivity index (χ3n) is 4.63. The van der Waals surface area contributed by atoms with Crippen LogP contribution >= 0.6 is 31.9 Å². The van der Waals surface area contributed by atoms with Crippen molar-refractivity contribution in [3.8, 4) is 0 Å². The molecule has 174 valence electrons. The van der Waals surface area contributed by atoms with Crippen LogP contribution in [0.1, 0.15) is 26.3 Å². The maximum absolute atomic E-state index is 13.4. The Kier molecular flexibility index (Phi) is 9.29. The summed E-state index contributed by atoms with van der Waals surface area (Å²) >= 11 is 6.74. The van der Waals surface area contributed by atoms with E-state index < -0.39 is 28.5 Å². The normalized spacial score (nSPS) is 12.3. The molecule has 0 fully saturated rings. The van der Waals surface area contributed by atoms with Crippen molar-refractivity contribution in [2.45, 2.75) is 39.4 Å². The monoisotopic (exact) mass is 587 g/mol. The predicted molar refractivity (Wildman–Crippen MR) is 134 cm³/mol. The average molecular weight is 589 g/mol. The Morgan fingerprint density at radius 1 is 1.00 bits per heavy atom. The second-order valence-corrected chi connectivity index (χ2v) is 11.5. The quantitative estimate of drug-likeness (QED) is 0.481. The fourth-order valence-electron chi connectivity index (χ4n) is 3.04.